The van der Waals surface area contributed by atoms with Gasteiger partial charge in [-0.2, -0.15) is 0 Å². The quantitative estimate of drug-likeness (QED) is 0.645. The van der Waals surface area contributed by atoms with Gasteiger partial charge >= 0.3 is 0 Å². The predicted octanol–water partition coefficient (Wildman–Crippen LogP) is 5.56. The molecule has 0 aromatic heterocycles. The summed E-state index contributed by atoms with van der Waals surface area (Å²) in [5, 5.41) is 0.972. The second-order valence-corrected chi connectivity index (χ2v) is 5.01. The molecule has 16 heavy (non-hydrogen) atoms. The molecule has 0 saturated carbocycles. The number of hydrogen-bond donors (Lipinski definition) is 0. The largest absolute Gasteiger partial charge is 0.206 e. The van der Waals surface area contributed by atoms with Crippen molar-refractivity contribution in [3.8, 4) is 11.1 Å². The molecule has 0 unspecified atom stereocenters. The van der Waals surface area contributed by atoms with E-state index in [0.717, 1.165) is 0 Å². The topological polar surface area (TPSA) is 0 Å². The first-order chi connectivity index (χ1) is 7.58. The summed E-state index contributed by atoms with van der Waals surface area (Å²) >= 11 is 15.0. The standard InChI is InChI=1S/C12H6BrCl2F/c13-7-1-3-10(12(16)5-7)9-4-2-8(14)6-11(9)15/h1-6H. The van der Waals surface area contributed by atoms with E-state index in [1.54, 1.807) is 30.3 Å². The minimum absolute atomic E-state index is 0.321. The zero-order chi connectivity index (χ0) is 11.7. The summed E-state index contributed by atoms with van der Waals surface area (Å²) in [6.07, 6.45) is 0. The highest BCUT2D eigenvalue weighted by molar-refractivity contribution is 9.10. The highest BCUT2D eigenvalue weighted by Gasteiger charge is 2.09. The SMILES string of the molecule is Fc1cc(Br)ccc1-c1ccc(Cl)cc1Cl. The molecule has 0 aliphatic rings. The third-order valence-corrected chi connectivity index (χ3v) is 3.19. The predicted molar refractivity (Wildman–Crippen MR) is 69.6 cm³/mol. The molecule has 0 spiro atoms. The lowest BCUT2D eigenvalue weighted by Crippen LogP contribution is -1.85. The first-order valence-corrected chi connectivity index (χ1v) is 6.03. The normalized spacial score (nSPS) is 10.5. The van der Waals surface area contributed by atoms with Gasteiger partial charge in [-0.15, -0.1) is 0 Å². The van der Waals surface area contributed by atoms with Crippen LogP contribution in [0.3, 0.4) is 0 Å². The van der Waals surface area contributed by atoms with Crippen molar-refractivity contribution in [2.75, 3.05) is 0 Å². The van der Waals surface area contributed by atoms with E-state index in [4.69, 9.17) is 23.2 Å². The van der Waals surface area contributed by atoms with Crippen molar-refractivity contribution in [1.82, 2.24) is 0 Å². The van der Waals surface area contributed by atoms with Gasteiger partial charge in [0.1, 0.15) is 5.82 Å². The number of rotatable bonds is 1. The van der Waals surface area contributed by atoms with Gasteiger partial charge in [0.05, 0.1) is 0 Å². The lowest BCUT2D eigenvalue weighted by atomic mass is 10.1. The van der Waals surface area contributed by atoms with Crippen LogP contribution in [0.15, 0.2) is 40.9 Å². The summed E-state index contributed by atoms with van der Waals surface area (Å²) in [5.74, 6) is -0.321. The maximum absolute atomic E-state index is 13.7. The Morgan fingerprint density at radius 2 is 1.62 bits per heavy atom. The summed E-state index contributed by atoms with van der Waals surface area (Å²) in [6, 6.07) is 9.83. The molecule has 0 aliphatic heterocycles. The second kappa shape index (κ2) is 4.74. The van der Waals surface area contributed by atoms with Crippen LogP contribution < -0.4 is 0 Å². The van der Waals surface area contributed by atoms with E-state index in [0.29, 0.717) is 25.6 Å². The van der Waals surface area contributed by atoms with Crippen molar-refractivity contribution in [1.29, 1.82) is 0 Å². The summed E-state index contributed by atoms with van der Waals surface area (Å²) in [4.78, 5) is 0. The molecule has 2 rings (SSSR count). The smallest absolute Gasteiger partial charge is 0.132 e. The van der Waals surface area contributed by atoms with Crippen LogP contribution in [0.25, 0.3) is 11.1 Å². The van der Waals surface area contributed by atoms with E-state index in [9.17, 15) is 4.39 Å². The van der Waals surface area contributed by atoms with Crippen molar-refractivity contribution < 1.29 is 4.39 Å². The van der Waals surface area contributed by atoms with Crippen LogP contribution in [-0.4, -0.2) is 0 Å². The van der Waals surface area contributed by atoms with Crippen LogP contribution in [0, 0.1) is 5.82 Å². The van der Waals surface area contributed by atoms with Crippen LogP contribution in [0.1, 0.15) is 0 Å². The molecule has 0 bridgehead atoms. The van der Waals surface area contributed by atoms with Gasteiger partial charge in [-0.05, 0) is 24.3 Å². The van der Waals surface area contributed by atoms with Crippen LogP contribution in [0.4, 0.5) is 4.39 Å². The minimum Gasteiger partial charge on any atom is -0.206 e. The van der Waals surface area contributed by atoms with Gasteiger partial charge in [-0.3, -0.25) is 0 Å². The Balaban J connectivity index is 2.59. The average Bonchev–Trinajstić information content (AvgIpc) is 2.19. The molecule has 2 aromatic carbocycles. The highest BCUT2D eigenvalue weighted by atomic mass is 79.9. The molecule has 2 aromatic rings. The molecule has 0 fully saturated rings. The van der Waals surface area contributed by atoms with E-state index in [-0.39, 0.29) is 5.82 Å². The lowest BCUT2D eigenvalue weighted by molar-refractivity contribution is 0.630. The van der Waals surface area contributed by atoms with Gasteiger partial charge in [-0.25, -0.2) is 4.39 Å². The Hall–Kier alpha value is -0.570. The Morgan fingerprint density at radius 1 is 0.938 bits per heavy atom. The van der Waals surface area contributed by atoms with E-state index < -0.39 is 0 Å². The molecule has 0 amide bonds. The van der Waals surface area contributed by atoms with Crippen molar-refractivity contribution in [2.45, 2.75) is 0 Å². The summed E-state index contributed by atoms with van der Waals surface area (Å²) < 4.78 is 14.4. The van der Waals surface area contributed by atoms with Gasteiger partial charge in [-0.1, -0.05) is 51.3 Å². The summed E-state index contributed by atoms with van der Waals surface area (Å²) in [6.45, 7) is 0. The fourth-order valence-corrected chi connectivity index (χ4v) is 2.26. The fraction of sp³-hybridized carbons (Fsp3) is 0. The van der Waals surface area contributed by atoms with Crippen LogP contribution in [-0.2, 0) is 0 Å². The molecule has 0 N–H and O–H groups in total. The second-order valence-electron chi connectivity index (χ2n) is 3.25. The van der Waals surface area contributed by atoms with Gasteiger partial charge in [0.2, 0.25) is 0 Å². The molecule has 4 heteroatoms. The van der Waals surface area contributed by atoms with Crippen molar-refractivity contribution in [2.24, 2.45) is 0 Å². The van der Waals surface area contributed by atoms with E-state index in [1.165, 1.54) is 6.07 Å². The summed E-state index contributed by atoms with van der Waals surface area (Å²) in [5.41, 5.74) is 1.10. The van der Waals surface area contributed by atoms with E-state index in [2.05, 4.69) is 15.9 Å². The number of halogens is 4. The maximum Gasteiger partial charge on any atom is 0.132 e. The zero-order valence-electron chi connectivity index (χ0n) is 7.98. The highest BCUT2D eigenvalue weighted by Crippen LogP contribution is 2.32. The van der Waals surface area contributed by atoms with Crippen molar-refractivity contribution in [3.05, 3.63) is 56.7 Å². The Bertz CT molecular complexity index is 491. The number of hydrogen-bond acceptors (Lipinski definition) is 0. The Kier molecular flexibility index (Phi) is 3.53. The molecule has 0 nitrogen and oxygen atoms in total. The fourth-order valence-electron chi connectivity index (χ4n) is 1.42. The first kappa shape index (κ1) is 11.9. The van der Waals surface area contributed by atoms with Crippen LogP contribution in [0.2, 0.25) is 10.0 Å². The lowest BCUT2D eigenvalue weighted by Gasteiger charge is -2.06. The maximum atomic E-state index is 13.7. The Labute approximate surface area is 111 Å². The molecule has 82 valence electrons. The van der Waals surface area contributed by atoms with E-state index in [1.807, 2.05) is 0 Å². The molecule has 0 heterocycles. The molecule has 0 aliphatic carbocycles. The minimum atomic E-state index is -0.321. The first-order valence-electron chi connectivity index (χ1n) is 4.48. The average molecular weight is 320 g/mol. The molecule has 0 radical (unpaired) electrons. The van der Waals surface area contributed by atoms with Gasteiger partial charge in [0.15, 0.2) is 0 Å². The van der Waals surface area contributed by atoms with Gasteiger partial charge in [0, 0.05) is 25.6 Å². The van der Waals surface area contributed by atoms with E-state index >= 15 is 0 Å². The third kappa shape index (κ3) is 2.40. The Morgan fingerprint density at radius 3 is 2.25 bits per heavy atom. The molecular weight excluding hydrogens is 314 g/mol. The molecule has 0 atom stereocenters. The van der Waals surface area contributed by atoms with Gasteiger partial charge in [0.25, 0.3) is 0 Å². The van der Waals surface area contributed by atoms with Crippen molar-refractivity contribution >= 4 is 39.1 Å². The summed E-state index contributed by atoms with van der Waals surface area (Å²) in [7, 11) is 0. The zero-order valence-corrected chi connectivity index (χ0v) is 11.1. The van der Waals surface area contributed by atoms with Crippen LogP contribution >= 0.6 is 39.1 Å². The van der Waals surface area contributed by atoms with Crippen LogP contribution in [0.5, 0.6) is 0 Å². The monoisotopic (exact) mass is 318 g/mol. The van der Waals surface area contributed by atoms with Gasteiger partial charge < -0.3 is 0 Å². The third-order valence-electron chi connectivity index (χ3n) is 2.15. The molecule has 0 saturated heterocycles. The molecular formula is C12H6BrCl2F. The number of benzene rings is 2. The van der Waals surface area contributed by atoms with Crippen molar-refractivity contribution in [3.63, 3.8) is 0 Å².